The topological polar surface area (TPSA) is 24.9 Å². The second-order valence-corrected chi connectivity index (χ2v) is 5.58. The molecule has 1 unspecified atom stereocenters. The lowest BCUT2D eigenvalue weighted by molar-refractivity contribution is 0.413. The van der Waals surface area contributed by atoms with E-state index in [1.165, 1.54) is 37.7 Å². The zero-order chi connectivity index (χ0) is 11.4. The Labute approximate surface area is 106 Å². The fourth-order valence-electron chi connectivity index (χ4n) is 2.62. The summed E-state index contributed by atoms with van der Waals surface area (Å²) in [6.07, 6.45) is 10.7. The van der Waals surface area contributed by atoms with Crippen molar-refractivity contribution < 1.29 is 0 Å². The second-order valence-electron chi connectivity index (χ2n) is 4.66. The second kappa shape index (κ2) is 5.78. The highest BCUT2D eigenvalue weighted by Gasteiger charge is 2.20. The molecule has 16 heavy (non-hydrogen) atoms. The molecule has 2 nitrogen and oxygen atoms in total. The minimum absolute atomic E-state index is 0.452. The smallest absolute Gasteiger partial charge is 0.0410 e. The van der Waals surface area contributed by atoms with E-state index in [2.05, 4.69) is 32.3 Å². The number of nitrogens with one attached hydrogen (secondary N) is 1. The first kappa shape index (κ1) is 12.1. The van der Waals surface area contributed by atoms with Gasteiger partial charge in [0.15, 0.2) is 0 Å². The van der Waals surface area contributed by atoms with Crippen LogP contribution in [-0.2, 0) is 0 Å². The molecule has 0 amide bonds. The van der Waals surface area contributed by atoms with Crippen molar-refractivity contribution in [3.63, 3.8) is 0 Å². The average Bonchev–Trinajstić information content (AvgIpc) is 2.78. The molecule has 0 bridgehead atoms. The zero-order valence-electron chi connectivity index (χ0n) is 9.75. The van der Waals surface area contributed by atoms with Gasteiger partial charge in [-0.1, -0.05) is 25.7 Å². The van der Waals surface area contributed by atoms with Crippen LogP contribution in [0.15, 0.2) is 22.9 Å². The van der Waals surface area contributed by atoms with Crippen molar-refractivity contribution in [3.8, 4) is 0 Å². The zero-order valence-corrected chi connectivity index (χ0v) is 11.3. The van der Waals surface area contributed by atoms with Crippen LogP contribution in [0.2, 0.25) is 0 Å². The van der Waals surface area contributed by atoms with E-state index in [0.29, 0.717) is 6.04 Å². The Balaban J connectivity index is 2.03. The molecular weight excluding hydrogens is 264 g/mol. The molecule has 2 rings (SSSR count). The number of aromatic nitrogens is 1. The van der Waals surface area contributed by atoms with Gasteiger partial charge >= 0.3 is 0 Å². The third kappa shape index (κ3) is 3.05. The normalized spacial score (nSPS) is 18.9. The van der Waals surface area contributed by atoms with Crippen LogP contribution in [0.5, 0.6) is 0 Å². The molecule has 1 fully saturated rings. The van der Waals surface area contributed by atoms with Gasteiger partial charge in [0, 0.05) is 22.9 Å². The van der Waals surface area contributed by atoms with Gasteiger partial charge in [0.05, 0.1) is 0 Å². The molecule has 3 heteroatoms. The maximum atomic E-state index is 4.24. The summed E-state index contributed by atoms with van der Waals surface area (Å²) in [6.45, 7) is 0. The molecule has 1 aromatic heterocycles. The molecule has 0 saturated heterocycles. The van der Waals surface area contributed by atoms with Crippen LogP contribution in [0.4, 0.5) is 0 Å². The molecule has 1 saturated carbocycles. The summed E-state index contributed by atoms with van der Waals surface area (Å²) >= 11 is 3.48. The van der Waals surface area contributed by atoms with E-state index in [-0.39, 0.29) is 0 Å². The molecule has 88 valence electrons. The van der Waals surface area contributed by atoms with E-state index in [9.17, 15) is 0 Å². The van der Waals surface area contributed by atoms with Crippen LogP contribution in [0.25, 0.3) is 0 Å². The first-order valence-electron chi connectivity index (χ1n) is 6.07. The van der Waals surface area contributed by atoms with Crippen molar-refractivity contribution in [2.24, 2.45) is 5.92 Å². The summed E-state index contributed by atoms with van der Waals surface area (Å²) in [6, 6.07) is 2.62. The van der Waals surface area contributed by atoms with Crippen molar-refractivity contribution in [2.75, 3.05) is 7.05 Å². The van der Waals surface area contributed by atoms with Gasteiger partial charge in [-0.15, -0.1) is 0 Å². The maximum Gasteiger partial charge on any atom is 0.0410 e. The Bertz CT molecular complexity index is 334. The van der Waals surface area contributed by atoms with Crippen LogP contribution >= 0.6 is 15.9 Å². The standard InChI is InChI=1S/C13H19BrN2/c1-15-13(6-10-4-2-3-5-10)11-7-12(14)9-16-8-11/h7-10,13,15H,2-6H2,1H3. The summed E-state index contributed by atoms with van der Waals surface area (Å²) < 4.78 is 1.07. The number of pyridine rings is 1. The molecule has 1 aliphatic rings. The van der Waals surface area contributed by atoms with Gasteiger partial charge < -0.3 is 5.32 Å². The van der Waals surface area contributed by atoms with Crippen molar-refractivity contribution in [3.05, 3.63) is 28.5 Å². The number of hydrogen-bond acceptors (Lipinski definition) is 2. The van der Waals surface area contributed by atoms with Crippen LogP contribution in [0.3, 0.4) is 0 Å². The quantitative estimate of drug-likeness (QED) is 0.911. The number of nitrogens with zero attached hydrogens (tertiary/aromatic N) is 1. The predicted octanol–water partition coefficient (Wildman–Crippen LogP) is 3.68. The minimum Gasteiger partial charge on any atom is -0.313 e. The van der Waals surface area contributed by atoms with Crippen molar-refractivity contribution in [1.29, 1.82) is 0 Å². The molecule has 0 spiro atoms. The van der Waals surface area contributed by atoms with Gasteiger partial charge in [-0.25, -0.2) is 0 Å². The van der Waals surface area contributed by atoms with Crippen LogP contribution in [0, 0.1) is 5.92 Å². The molecule has 1 heterocycles. The van der Waals surface area contributed by atoms with Crippen molar-refractivity contribution >= 4 is 15.9 Å². The molecule has 0 aliphatic heterocycles. The highest BCUT2D eigenvalue weighted by atomic mass is 79.9. The lowest BCUT2D eigenvalue weighted by Crippen LogP contribution is -2.19. The van der Waals surface area contributed by atoms with Crippen LogP contribution < -0.4 is 5.32 Å². The van der Waals surface area contributed by atoms with Crippen LogP contribution in [0.1, 0.15) is 43.7 Å². The Hall–Kier alpha value is -0.410. The van der Waals surface area contributed by atoms with E-state index in [1.807, 2.05) is 19.4 Å². The van der Waals surface area contributed by atoms with Gasteiger partial charge in [0.25, 0.3) is 0 Å². The number of rotatable bonds is 4. The summed E-state index contributed by atoms with van der Waals surface area (Å²) in [4.78, 5) is 4.24. The molecule has 1 N–H and O–H groups in total. The Morgan fingerprint density at radius 2 is 2.19 bits per heavy atom. The SMILES string of the molecule is CNC(CC1CCCC1)c1cncc(Br)c1. The largest absolute Gasteiger partial charge is 0.313 e. The third-order valence-corrected chi connectivity index (χ3v) is 3.95. The fraction of sp³-hybridized carbons (Fsp3) is 0.615. The van der Waals surface area contributed by atoms with E-state index >= 15 is 0 Å². The number of hydrogen-bond donors (Lipinski definition) is 1. The molecule has 0 aromatic carbocycles. The summed E-state index contributed by atoms with van der Waals surface area (Å²) in [5.41, 5.74) is 1.30. The van der Waals surface area contributed by atoms with E-state index in [1.54, 1.807) is 0 Å². The molecule has 0 radical (unpaired) electrons. The van der Waals surface area contributed by atoms with Crippen LogP contribution in [-0.4, -0.2) is 12.0 Å². The van der Waals surface area contributed by atoms with E-state index in [4.69, 9.17) is 0 Å². The van der Waals surface area contributed by atoms with Gasteiger partial charge in [-0.05, 0) is 46.9 Å². The van der Waals surface area contributed by atoms with Gasteiger partial charge in [0.1, 0.15) is 0 Å². The van der Waals surface area contributed by atoms with Crippen molar-refractivity contribution in [2.45, 2.75) is 38.1 Å². The lowest BCUT2D eigenvalue weighted by atomic mass is 9.94. The first-order chi connectivity index (χ1) is 7.79. The highest BCUT2D eigenvalue weighted by Crippen LogP contribution is 2.33. The predicted molar refractivity (Wildman–Crippen MR) is 70.3 cm³/mol. The Kier molecular flexibility index (Phi) is 4.36. The average molecular weight is 283 g/mol. The summed E-state index contributed by atoms with van der Waals surface area (Å²) in [7, 11) is 2.04. The van der Waals surface area contributed by atoms with Gasteiger partial charge in [-0.2, -0.15) is 0 Å². The van der Waals surface area contributed by atoms with Crippen molar-refractivity contribution in [1.82, 2.24) is 10.3 Å². The Morgan fingerprint density at radius 1 is 1.44 bits per heavy atom. The molecule has 1 aromatic rings. The monoisotopic (exact) mass is 282 g/mol. The fourth-order valence-corrected chi connectivity index (χ4v) is 3.00. The van der Waals surface area contributed by atoms with Gasteiger partial charge in [-0.3, -0.25) is 4.98 Å². The summed E-state index contributed by atoms with van der Waals surface area (Å²) in [5.74, 6) is 0.899. The minimum atomic E-state index is 0.452. The third-order valence-electron chi connectivity index (χ3n) is 3.52. The number of halogens is 1. The van der Waals surface area contributed by atoms with E-state index in [0.717, 1.165) is 10.4 Å². The van der Waals surface area contributed by atoms with E-state index < -0.39 is 0 Å². The first-order valence-corrected chi connectivity index (χ1v) is 6.86. The molecule has 1 atom stereocenters. The van der Waals surface area contributed by atoms with Gasteiger partial charge in [0.2, 0.25) is 0 Å². The lowest BCUT2D eigenvalue weighted by Gasteiger charge is -2.20. The highest BCUT2D eigenvalue weighted by molar-refractivity contribution is 9.10. The summed E-state index contributed by atoms with van der Waals surface area (Å²) in [5, 5.41) is 3.41. The maximum absolute atomic E-state index is 4.24. The molecule has 1 aliphatic carbocycles. The molecular formula is C13H19BrN2. The Morgan fingerprint density at radius 3 is 2.81 bits per heavy atom.